The summed E-state index contributed by atoms with van der Waals surface area (Å²) in [6, 6.07) is 8.96. The van der Waals surface area contributed by atoms with Crippen molar-refractivity contribution in [3.8, 4) is 0 Å². The summed E-state index contributed by atoms with van der Waals surface area (Å²) in [6.45, 7) is 1.98. The molecule has 1 N–H and O–H groups in total. The van der Waals surface area contributed by atoms with E-state index < -0.39 is 12.1 Å². The predicted octanol–water partition coefficient (Wildman–Crippen LogP) is 1.95. The fourth-order valence-electron chi connectivity index (χ4n) is 1.27. The molecular formula is C13H15NO4. The van der Waals surface area contributed by atoms with Crippen LogP contribution in [-0.4, -0.2) is 25.8 Å². The molecule has 0 fully saturated rings. The summed E-state index contributed by atoms with van der Waals surface area (Å²) in [5.41, 5.74) is 1.02. The summed E-state index contributed by atoms with van der Waals surface area (Å²) in [5, 5.41) is 2.47. The fraction of sp³-hybridized carbons (Fsp3) is 0.231. The number of rotatable bonds is 4. The van der Waals surface area contributed by atoms with Gasteiger partial charge in [0.1, 0.15) is 0 Å². The number of amides is 1. The van der Waals surface area contributed by atoms with Gasteiger partial charge in [0.15, 0.2) is 0 Å². The minimum absolute atomic E-state index is 0.273. The number of hydrogen-bond donors (Lipinski definition) is 1. The Morgan fingerprint density at radius 3 is 2.50 bits per heavy atom. The SMILES string of the molecule is CCOC(=O)C=C(NC(=O)OC)c1ccccc1. The van der Waals surface area contributed by atoms with Crippen LogP contribution in [0.25, 0.3) is 5.70 Å². The van der Waals surface area contributed by atoms with E-state index in [0.29, 0.717) is 11.3 Å². The molecule has 18 heavy (non-hydrogen) atoms. The summed E-state index contributed by atoms with van der Waals surface area (Å²) in [5.74, 6) is -0.521. The van der Waals surface area contributed by atoms with E-state index in [1.807, 2.05) is 6.07 Å². The van der Waals surface area contributed by atoms with Crippen molar-refractivity contribution in [2.45, 2.75) is 6.92 Å². The molecule has 1 aromatic rings. The van der Waals surface area contributed by atoms with Crippen LogP contribution in [-0.2, 0) is 14.3 Å². The van der Waals surface area contributed by atoms with Crippen LogP contribution in [0.15, 0.2) is 36.4 Å². The lowest BCUT2D eigenvalue weighted by molar-refractivity contribution is -0.137. The summed E-state index contributed by atoms with van der Waals surface area (Å²) in [4.78, 5) is 22.6. The minimum Gasteiger partial charge on any atom is -0.463 e. The number of nitrogens with one attached hydrogen (secondary N) is 1. The van der Waals surface area contributed by atoms with Crippen LogP contribution in [0.1, 0.15) is 12.5 Å². The highest BCUT2D eigenvalue weighted by Gasteiger charge is 2.09. The Morgan fingerprint density at radius 1 is 1.28 bits per heavy atom. The van der Waals surface area contributed by atoms with Crippen molar-refractivity contribution < 1.29 is 19.1 Å². The largest absolute Gasteiger partial charge is 0.463 e. The molecule has 0 aliphatic carbocycles. The standard InChI is InChI=1S/C13H15NO4/c1-3-18-12(15)9-11(14-13(16)17-2)10-7-5-4-6-8-10/h4-9H,3H2,1-2H3,(H,14,16). The first kappa shape index (κ1) is 13.8. The number of benzene rings is 1. The molecule has 1 rings (SSSR count). The normalized spacial score (nSPS) is 10.7. The van der Waals surface area contributed by atoms with Crippen LogP contribution in [0.4, 0.5) is 4.79 Å². The molecule has 0 saturated heterocycles. The highest BCUT2D eigenvalue weighted by Crippen LogP contribution is 2.11. The highest BCUT2D eigenvalue weighted by atomic mass is 16.5. The van der Waals surface area contributed by atoms with E-state index in [9.17, 15) is 9.59 Å². The molecule has 0 spiro atoms. The zero-order chi connectivity index (χ0) is 13.4. The molecule has 0 aliphatic rings. The van der Waals surface area contributed by atoms with E-state index in [0.717, 1.165) is 0 Å². The van der Waals surface area contributed by atoms with Crippen molar-refractivity contribution in [3.05, 3.63) is 42.0 Å². The third kappa shape index (κ3) is 4.29. The minimum atomic E-state index is -0.644. The number of methoxy groups -OCH3 is 1. The highest BCUT2D eigenvalue weighted by molar-refractivity contribution is 5.94. The Morgan fingerprint density at radius 2 is 1.94 bits per heavy atom. The lowest BCUT2D eigenvalue weighted by Crippen LogP contribution is -2.22. The van der Waals surface area contributed by atoms with Crippen LogP contribution >= 0.6 is 0 Å². The van der Waals surface area contributed by atoms with E-state index in [1.165, 1.54) is 13.2 Å². The van der Waals surface area contributed by atoms with Gasteiger partial charge in [-0.3, -0.25) is 5.32 Å². The smallest absolute Gasteiger partial charge is 0.411 e. The summed E-state index contributed by atoms with van der Waals surface area (Å²) < 4.78 is 9.30. The molecule has 0 saturated carbocycles. The maximum Gasteiger partial charge on any atom is 0.411 e. The molecule has 0 bridgehead atoms. The molecule has 0 heterocycles. The number of hydrogen-bond acceptors (Lipinski definition) is 4. The number of alkyl carbamates (subject to hydrolysis) is 1. The second-order valence-electron chi connectivity index (χ2n) is 3.29. The Kier molecular flexibility index (Phi) is 5.44. The number of ether oxygens (including phenoxy) is 2. The summed E-state index contributed by atoms with van der Waals surface area (Å²) >= 11 is 0. The average molecular weight is 249 g/mol. The van der Waals surface area contributed by atoms with Gasteiger partial charge in [-0.2, -0.15) is 0 Å². The van der Waals surface area contributed by atoms with Gasteiger partial charge in [-0.1, -0.05) is 30.3 Å². The Bertz CT molecular complexity index is 440. The van der Waals surface area contributed by atoms with Gasteiger partial charge in [-0.05, 0) is 12.5 Å². The third-order valence-electron chi connectivity index (χ3n) is 2.06. The first-order valence-electron chi connectivity index (χ1n) is 5.46. The molecule has 0 atom stereocenters. The zero-order valence-corrected chi connectivity index (χ0v) is 10.3. The van der Waals surface area contributed by atoms with Gasteiger partial charge in [0.05, 0.1) is 19.4 Å². The summed E-state index contributed by atoms with van der Waals surface area (Å²) in [6.07, 6.45) is 0.574. The van der Waals surface area contributed by atoms with Crippen molar-refractivity contribution in [2.24, 2.45) is 0 Å². The van der Waals surface area contributed by atoms with Crippen LogP contribution < -0.4 is 5.32 Å². The van der Waals surface area contributed by atoms with E-state index in [2.05, 4.69) is 10.1 Å². The lowest BCUT2D eigenvalue weighted by Gasteiger charge is -2.08. The predicted molar refractivity (Wildman–Crippen MR) is 66.6 cm³/mol. The number of esters is 1. The first-order chi connectivity index (χ1) is 8.67. The van der Waals surface area contributed by atoms with Gasteiger partial charge in [0.2, 0.25) is 0 Å². The molecular weight excluding hydrogens is 234 g/mol. The zero-order valence-electron chi connectivity index (χ0n) is 10.3. The van der Waals surface area contributed by atoms with Crippen LogP contribution in [0.3, 0.4) is 0 Å². The molecule has 0 aliphatic heterocycles. The van der Waals surface area contributed by atoms with Gasteiger partial charge in [0.25, 0.3) is 0 Å². The average Bonchev–Trinajstić information content (AvgIpc) is 2.39. The monoisotopic (exact) mass is 249 g/mol. The van der Waals surface area contributed by atoms with Gasteiger partial charge in [-0.25, -0.2) is 9.59 Å². The van der Waals surface area contributed by atoms with Crippen LogP contribution in [0, 0.1) is 0 Å². The number of carbonyl (C=O) groups excluding carboxylic acids is 2. The lowest BCUT2D eigenvalue weighted by atomic mass is 10.1. The quantitative estimate of drug-likeness (QED) is 0.654. The van der Waals surface area contributed by atoms with Gasteiger partial charge in [-0.15, -0.1) is 0 Å². The van der Waals surface area contributed by atoms with Crippen molar-refractivity contribution in [1.82, 2.24) is 5.32 Å². The Hall–Kier alpha value is -2.30. The molecule has 0 radical (unpaired) electrons. The molecule has 1 aromatic carbocycles. The second kappa shape index (κ2) is 7.11. The molecule has 5 nitrogen and oxygen atoms in total. The molecule has 96 valence electrons. The maximum atomic E-state index is 11.4. The van der Waals surface area contributed by atoms with Gasteiger partial charge in [0, 0.05) is 6.08 Å². The molecule has 1 amide bonds. The van der Waals surface area contributed by atoms with Crippen LogP contribution in [0.5, 0.6) is 0 Å². The van der Waals surface area contributed by atoms with Crippen molar-refractivity contribution >= 4 is 17.8 Å². The van der Waals surface area contributed by atoms with E-state index in [4.69, 9.17) is 4.74 Å². The Balaban J connectivity index is 2.95. The van der Waals surface area contributed by atoms with Crippen LogP contribution in [0.2, 0.25) is 0 Å². The number of carbonyl (C=O) groups is 2. The first-order valence-corrected chi connectivity index (χ1v) is 5.46. The van der Waals surface area contributed by atoms with Gasteiger partial charge < -0.3 is 9.47 Å². The van der Waals surface area contributed by atoms with E-state index in [1.54, 1.807) is 31.2 Å². The molecule has 0 aromatic heterocycles. The third-order valence-corrected chi connectivity index (χ3v) is 2.06. The fourth-order valence-corrected chi connectivity index (χ4v) is 1.27. The van der Waals surface area contributed by atoms with Crippen molar-refractivity contribution in [1.29, 1.82) is 0 Å². The second-order valence-corrected chi connectivity index (χ2v) is 3.29. The Labute approximate surface area is 105 Å². The molecule has 0 unspecified atom stereocenters. The maximum absolute atomic E-state index is 11.4. The van der Waals surface area contributed by atoms with Crippen molar-refractivity contribution in [2.75, 3.05) is 13.7 Å². The van der Waals surface area contributed by atoms with Gasteiger partial charge >= 0.3 is 12.1 Å². The summed E-state index contributed by atoms with van der Waals surface area (Å²) in [7, 11) is 1.25. The van der Waals surface area contributed by atoms with E-state index in [-0.39, 0.29) is 6.61 Å². The van der Waals surface area contributed by atoms with Crippen molar-refractivity contribution in [3.63, 3.8) is 0 Å². The van der Waals surface area contributed by atoms with E-state index >= 15 is 0 Å². The molecule has 5 heteroatoms. The topological polar surface area (TPSA) is 64.6 Å².